The molecular weight excluding hydrogens is 414 g/mol. The highest BCUT2D eigenvalue weighted by Crippen LogP contribution is 2.30. The summed E-state index contributed by atoms with van der Waals surface area (Å²) in [6.45, 7) is 5.00. The lowest BCUT2D eigenvalue weighted by Crippen LogP contribution is -2.39. The molecule has 2 aliphatic rings. The fourth-order valence-electron chi connectivity index (χ4n) is 4.86. The van der Waals surface area contributed by atoms with Crippen molar-refractivity contribution in [1.29, 1.82) is 0 Å². The summed E-state index contributed by atoms with van der Waals surface area (Å²) in [5.41, 5.74) is 4.16. The third-order valence-electron chi connectivity index (χ3n) is 6.61. The van der Waals surface area contributed by atoms with Crippen LogP contribution < -0.4 is 15.5 Å². The molecule has 3 heterocycles. The molecular formula is C26H31N5O2. The van der Waals surface area contributed by atoms with Gasteiger partial charge in [0, 0.05) is 54.9 Å². The molecule has 1 amide bonds. The third-order valence-corrected chi connectivity index (χ3v) is 6.61. The number of anilines is 2. The van der Waals surface area contributed by atoms with Gasteiger partial charge < -0.3 is 20.3 Å². The van der Waals surface area contributed by atoms with Crippen LogP contribution in [0.2, 0.25) is 0 Å². The van der Waals surface area contributed by atoms with Gasteiger partial charge in [-0.25, -0.2) is 4.98 Å². The summed E-state index contributed by atoms with van der Waals surface area (Å²) >= 11 is 0. The fraction of sp³-hybridized carbons (Fsp3) is 0.423. The van der Waals surface area contributed by atoms with Gasteiger partial charge in [0.15, 0.2) is 0 Å². The Kier molecular flexibility index (Phi) is 6.39. The highest BCUT2D eigenvalue weighted by atomic mass is 16.5. The number of ether oxygens (including phenoxy) is 1. The standard InChI is InChI=1S/C26H31N5O2/c1-18(32)28-20-6-8-21(9-7-20)29-26-23-3-2-12-27-25(23)17-24(30-26)19-4-10-22(11-5-19)31-13-15-33-16-14-31/h2-5,10-12,17,20-21H,6-9,13-16H2,1H3,(H,28,32)(H,29,30). The van der Waals surface area contributed by atoms with Crippen LogP contribution in [0.3, 0.4) is 0 Å². The number of morpholine rings is 1. The van der Waals surface area contributed by atoms with Crippen LogP contribution in [0.15, 0.2) is 48.7 Å². The second-order valence-electron chi connectivity index (χ2n) is 8.97. The summed E-state index contributed by atoms with van der Waals surface area (Å²) in [4.78, 5) is 23.3. The largest absolute Gasteiger partial charge is 0.378 e. The van der Waals surface area contributed by atoms with Gasteiger partial charge in [0.1, 0.15) is 5.82 Å². The third kappa shape index (κ3) is 5.09. The number of benzene rings is 1. The van der Waals surface area contributed by atoms with Crippen LogP contribution in [-0.4, -0.2) is 54.3 Å². The lowest BCUT2D eigenvalue weighted by atomic mass is 9.91. The van der Waals surface area contributed by atoms with E-state index in [0.29, 0.717) is 6.04 Å². The molecule has 2 N–H and O–H groups in total. The summed E-state index contributed by atoms with van der Waals surface area (Å²) in [5.74, 6) is 0.938. The van der Waals surface area contributed by atoms with Crippen molar-refractivity contribution >= 4 is 28.3 Å². The van der Waals surface area contributed by atoms with Crippen LogP contribution in [0.25, 0.3) is 22.2 Å². The van der Waals surface area contributed by atoms with E-state index in [1.54, 1.807) is 6.92 Å². The Morgan fingerprint density at radius 2 is 1.76 bits per heavy atom. The average Bonchev–Trinajstić information content (AvgIpc) is 2.85. The summed E-state index contributed by atoms with van der Waals surface area (Å²) in [6.07, 6.45) is 5.81. The van der Waals surface area contributed by atoms with Crippen LogP contribution in [0, 0.1) is 0 Å². The Hall–Kier alpha value is -3.19. The maximum Gasteiger partial charge on any atom is 0.217 e. The van der Waals surface area contributed by atoms with Gasteiger partial charge in [0.25, 0.3) is 0 Å². The Balaban J connectivity index is 1.37. The first-order valence-corrected chi connectivity index (χ1v) is 11.9. The van der Waals surface area contributed by atoms with Gasteiger partial charge in [-0.1, -0.05) is 12.1 Å². The van der Waals surface area contributed by atoms with Crippen molar-refractivity contribution in [3.63, 3.8) is 0 Å². The van der Waals surface area contributed by atoms with Crippen LogP contribution in [0.4, 0.5) is 11.5 Å². The molecule has 0 spiro atoms. The van der Waals surface area contributed by atoms with Crippen molar-refractivity contribution in [1.82, 2.24) is 15.3 Å². The van der Waals surface area contributed by atoms with Crippen molar-refractivity contribution in [2.75, 3.05) is 36.5 Å². The van der Waals surface area contributed by atoms with E-state index in [-0.39, 0.29) is 11.9 Å². The first-order valence-electron chi connectivity index (χ1n) is 11.9. The van der Waals surface area contributed by atoms with Gasteiger partial charge >= 0.3 is 0 Å². The van der Waals surface area contributed by atoms with Crippen LogP contribution in [0.5, 0.6) is 0 Å². The van der Waals surface area contributed by atoms with E-state index in [9.17, 15) is 4.79 Å². The second kappa shape index (κ2) is 9.75. The van der Waals surface area contributed by atoms with Crippen molar-refractivity contribution in [2.45, 2.75) is 44.7 Å². The zero-order valence-electron chi connectivity index (χ0n) is 19.1. The molecule has 33 heavy (non-hydrogen) atoms. The molecule has 0 bridgehead atoms. The van der Waals surface area contributed by atoms with Crippen LogP contribution in [-0.2, 0) is 9.53 Å². The minimum atomic E-state index is 0.0532. The number of pyridine rings is 2. The van der Waals surface area contributed by atoms with Crippen LogP contribution in [0.1, 0.15) is 32.6 Å². The van der Waals surface area contributed by atoms with Gasteiger partial charge in [0.2, 0.25) is 5.91 Å². The van der Waals surface area contributed by atoms with Gasteiger partial charge in [-0.2, -0.15) is 0 Å². The van der Waals surface area contributed by atoms with E-state index in [2.05, 4.69) is 56.9 Å². The normalized spacial score (nSPS) is 21.1. The molecule has 1 saturated carbocycles. The number of hydrogen-bond donors (Lipinski definition) is 2. The number of carbonyl (C=O) groups is 1. The Morgan fingerprint density at radius 3 is 2.48 bits per heavy atom. The lowest BCUT2D eigenvalue weighted by Gasteiger charge is -2.30. The molecule has 1 saturated heterocycles. The minimum Gasteiger partial charge on any atom is -0.378 e. The summed E-state index contributed by atoms with van der Waals surface area (Å²) in [6, 6.07) is 15.3. The van der Waals surface area contributed by atoms with Gasteiger partial charge in [-0.15, -0.1) is 0 Å². The number of nitrogens with zero attached hydrogens (tertiary/aromatic N) is 3. The Bertz CT molecular complexity index is 1100. The van der Waals surface area contributed by atoms with Crippen LogP contribution >= 0.6 is 0 Å². The molecule has 2 aromatic heterocycles. The van der Waals surface area contributed by atoms with E-state index in [1.807, 2.05) is 12.3 Å². The predicted molar refractivity (Wildman–Crippen MR) is 131 cm³/mol. The van der Waals surface area contributed by atoms with Crippen molar-refractivity contribution < 1.29 is 9.53 Å². The molecule has 3 aromatic rings. The maximum atomic E-state index is 11.4. The predicted octanol–water partition coefficient (Wildman–Crippen LogP) is 3.99. The van der Waals surface area contributed by atoms with E-state index in [4.69, 9.17) is 9.72 Å². The molecule has 5 rings (SSSR count). The molecule has 0 radical (unpaired) electrons. The van der Waals surface area contributed by atoms with E-state index in [1.165, 1.54) is 5.69 Å². The molecule has 0 unspecified atom stereocenters. The number of aromatic nitrogens is 2. The quantitative estimate of drug-likeness (QED) is 0.618. The zero-order chi connectivity index (χ0) is 22.6. The molecule has 7 nitrogen and oxygen atoms in total. The monoisotopic (exact) mass is 445 g/mol. The van der Waals surface area contributed by atoms with E-state index >= 15 is 0 Å². The first kappa shape index (κ1) is 21.6. The molecule has 172 valence electrons. The van der Waals surface area contributed by atoms with Gasteiger partial charge in [-0.05, 0) is 56.0 Å². The van der Waals surface area contributed by atoms with Crippen molar-refractivity contribution in [3.8, 4) is 11.3 Å². The maximum absolute atomic E-state index is 11.4. The number of nitrogens with one attached hydrogen (secondary N) is 2. The first-order chi connectivity index (χ1) is 16.2. The topological polar surface area (TPSA) is 79.4 Å². The summed E-state index contributed by atoms with van der Waals surface area (Å²) in [5, 5.41) is 7.77. The molecule has 2 fully saturated rings. The number of hydrogen-bond acceptors (Lipinski definition) is 6. The highest BCUT2D eigenvalue weighted by Gasteiger charge is 2.23. The van der Waals surface area contributed by atoms with Crippen molar-refractivity contribution in [3.05, 3.63) is 48.7 Å². The molecule has 7 heteroatoms. The number of carbonyl (C=O) groups excluding carboxylic acids is 1. The molecule has 1 aromatic carbocycles. The highest BCUT2D eigenvalue weighted by molar-refractivity contribution is 5.92. The number of rotatable bonds is 5. The van der Waals surface area contributed by atoms with Crippen molar-refractivity contribution in [2.24, 2.45) is 0 Å². The Morgan fingerprint density at radius 1 is 1.03 bits per heavy atom. The van der Waals surface area contributed by atoms with Gasteiger partial charge in [0.05, 0.1) is 24.4 Å². The number of fused-ring (bicyclic) bond motifs is 1. The molecule has 1 aliphatic carbocycles. The summed E-state index contributed by atoms with van der Waals surface area (Å²) < 4.78 is 5.47. The fourth-order valence-corrected chi connectivity index (χ4v) is 4.86. The van der Waals surface area contributed by atoms with Gasteiger partial charge in [-0.3, -0.25) is 9.78 Å². The number of amides is 1. The second-order valence-corrected chi connectivity index (χ2v) is 8.97. The lowest BCUT2D eigenvalue weighted by molar-refractivity contribution is -0.119. The minimum absolute atomic E-state index is 0.0532. The smallest absolute Gasteiger partial charge is 0.217 e. The zero-order valence-corrected chi connectivity index (χ0v) is 19.1. The molecule has 1 aliphatic heterocycles. The van der Waals surface area contributed by atoms with E-state index in [0.717, 1.165) is 80.0 Å². The Labute approximate surface area is 194 Å². The average molecular weight is 446 g/mol. The SMILES string of the molecule is CC(=O)NC1CCC(Nc2nc(-c3ccc(N4CCOCC4)cc3)cc3ncccc23)CC1. The summed E-state index contributed by atoms with van der Waals surface area (Å²) in [7, 11) is 0. The molecule has 0 atom stereocenters. The van der Waals surface area contributed by atoms with E-state index < -0.39 is 0 Å².